The molecule has 3 N–H and O–H groups in total. The van der Waals surface area contributed by atoms with Crippen molar-refractivity contribution in [1.82, 2.24) is 25.9 Å². The molecule has 1 aromatic rings. The zero-order chi connectivity index (χ0) is 9.80. The summed E-state index contributed by atoms with van der Waals surface area (Å²) in [5.41, 5.74) is 0. The number of carbonyl (C=O) groups is 1. The van der Waals surface area contributed by atoms with E-state index in [4.69, 9.17) is 0 Å². The highest BCUT2D eigenvalue weighted by Gasteiger charge is 2.21. The number of H-pyrrole nitrogens is 1. The van der Waals surface area contributed by atoms with Gasteiger partial charge in [-0.25, -0.2) is 5.10 Å². The van der Waals surface area contributed by atoms with Crippen LogP contribution in [0.4, 0.5) is 5.95 Å². The lowest BCUT2D eigenvalue weighted by atomic mass is 9.99. The fraction of sp³-hybridized carbons (Fsp3) is 0.714. The Kier molecular flexibility index (Phi) is 2.68. The standard InChI is InChI=1S/C7H12N6O/c14-6(5-2-1-3-8-4-5)9-7-10-12-13-11-7/h5,8H,1-4H2,(H2,9,10,11,12,13,14)/t5-/m1/s1. The van der Waals surface area contributed by atoms with E-state index in [1.54, 1.807) is 0 Å². The number of aromatic nitrogens is 4. The number of anilines is 1. The number of rotatable bonds is 2. The lowest BCUT2D eigenvalue weighted by Gasteiger charge is -2.20. The first-order chi connectivity index (χ1) is 6.86. The van der Waals surface area contributed by atoms with Gasteiger partial charge >= 0.3 is 0 Å². The Morgan fingerprint density at radius 1 is 1.57 bits per heavy atom. The van der Waals surface area contributed by atoms with Gasteiger partial charge in [-0.3, -0.25) is 10.1 Å². The van der Waals surface area contributed by atoms with Gasteiger partial charge in [-0.05, 0) is 29.8 Å². The fourth-order valence-electron chi connectivity index (χ4n) is 1.51. The van der Waals surface area contributed by atoms with Gasteiger partial charge < -0.3 is 5.32 Å². The van der Waals surface area contributed by atoms with Crippen molar-refractivity contribution in [3.8, 4) is 0 Å². The van der Waals surface area contributed by atoms with Crippen molar-refractivity contribution in [3.63, 3.8) is 0 Å². The average molecular weight is 196 g/mol. The molecule has 7 nitrogen and oxygen atoms in total. The van der Waals surface area contributed by atoms with Crippen molar-refractivity contribution in [3.05, 3.63) is 0 Å². The van der Waals surface area contributed by atoms with Crippen LogP contribution in [-0.4, -0.2) is 39.6 Å². The van der Waals surface area contributed by atoms with E-state index < -0.39 is 0 Å². The van der Waals surface area contributed by atoms with Crippen LogP contribution in [0, 0.1) is 5.92 Å². The lowest BCUT2D eigenvalue weighted by molar-refractivity contribution is -0.120. The second kappa shape index (κ2) is 4.14. The van der Waals surface area contributed by atoms with Crippen LogP contribution in [0.25, 0.3) is 0 Å². The van der Waals surface area contributed by atoms with Gasteiger partial charge in [0.25, 0.3) is 0 Å². The van der Waals surface area contributed by atoms with Crippen molar-refractivity contribution >= 4 is 11.9 Å². The van der Waals surface area contributed by atoms with Crippen LogP contribution in [0.1, 0.15) is 12.8 Å². The topological polar surface area (TPSA) is 95.6 Å². The molecule has 0 radical (unpaired) electrons. The highest BCUT2D eigenvalue weighted by molar-refractivity contribution is 5.91. The first kappa shape index (κ1) is 9.07. The Labute approximate surface area is 80.6 Å². The quantitative estimate of drug-likeness (QED) is 0.572. The van der Waals surface area contributed by atoms with E-state index in [-0.39, 0.29) is 11.8 Å². The Balaban J connectivity index is 1.88. The van der Waals surface area contributed by atoms with E-state index in [0.717, 1.165) is 25.9 Å². The van der Waals surface area contributed by atoms with Crippen LogP contribution in [0.15, 0.2) is 0 Å². The molecule has 7 heteroatoms. The van der Waals surface area contributed by atoms with Crippen LogP contribution in [0.3, 0.4) is 0 Å². The molecule has 0 aliphatic carbocycles. The second-order valence-electron chi connectivity index (χ2n) is 3.28. The Morgan fingerprint density at radius 3 is 3.14 bits per heavy atom. The molecular weight excluding hydrogens is 184 g/mol. The predicted octanol–water partition coefficient (Wildman–Crippen LogP) is -0.862. The molecule has 0 bridgehead atoms. The minimum absolute atomic E-state index is 0.0221. The van der Waals surface area contributed by atoms with E-state index in [9.17, 15) is 4.79 Å². The Bertz CT molecular complexity index is 291. The Hall–Kier alpha value is -1.50. The number of amides is 1. The molecule has 1 amide bonds. The Morgan fingerprint density at radius 2 is 2.50 bits per heavy atom. The third-order valence-electron chi connectivity index (χ3n) is 2.25. The molecule has 1 aliphatic rings. The number of tetrazole rings is 1. The number of nitrogens with zero attached hydrogens (tertiary/aromatic N) is 3. The molecule has 76 valence electrons. The molecule has 0 aromatic carbocycles. The van der Waals surface area contributed by atoms with Gasteiger partial charge in [-0.1, -0.05) is 5.10 Å². The summed E-state index contributed by atoms with van der Waals surface area (Å²) in [5, 5.41) is 18.6. The van der Waals surface area contributed by atoms with Crippen LogP contribution < -0.4 is 10.6 Å². The van der Waals surface area contributed by atoms with Crippen molar-refractivity contribution < 1.29 is 4.79 Å². The van der Waals surface area contributed by atoms with Gasteiger partial charge in [0.05, 0.1) is 5.92 Å². The molecule has 0 spiro atoms. The van der Waals surface area contributed by atoms with Crippen molar-refractivity contribution in [1.29, 1.82) is 0 Å². The van der Waals surface area contributed by atoms with E-state index in [1.165, 1.54) is 0 Å². The summed E-state index contributed by atoms with van der Waals surface area (Å²) in [6.07, 6.45) is 1.95. The van der Waals surface area contributed by atoms with E-state index in [2.05, 4.69) is 31.3 Å². The van der Waals surface area contributed by atoms with Crippen LogP contribution in [0.2, 0.25) is 0 Å². The maximum atomic E-state index is 11.6. The van der Waals surface area contributed by atoms with E-state index in [0.29, 0.717) is 5.95 Å². The van der Waals surface area contributed by atoms with E-state index >= 15 is 0 Å². The molecule has 1 fully saturated rings. The summed E-state index contributed by atoms with van der Waals surface area (Å²) in [4.78, 5) is 11.6. The van der Waals surface area contributed by atoms with Gasteiger partial charge in [0.1, 0.15) is 0 Å². The maximum absolute atomic E-state index is 11.6. The monoisotopic (exact) mass is 196 g/mol. The summed E-state index contributed by atoms with van der Waals surface area (Å²) in [6.45, 7) is 1.72. The molecule has 0 unspecified atom stereocenters. The van der Waals surface area contributed by atoms with Gasteiger partial charge in [0.2, 0.25) is 11.9 Å². The maximum Gasteiger partial charge on any atom is 0.246 e. The van der Waals surface area contributed by atoms with Crippen LogP contribution in [0.5, 0.6) is 0 Å². The predicted molar refractivity (Wildman–Crippen MR) is 48.4 cm³/mol. The average Bonchev–Trinajstić information content (AvgIpc) is 2.72. The summed E-state index contributed by atoms with van der Waals surface area (Å²) in [6, 6.07) is 0. The van der Waals surface area contributed by atoms with E-state index in [1.807, 2.05) is 0 Å². The summed E-state index contributed by atoms with van der Waals surface area (Å²) < 4.78 is 0. The number of aromatic amines is 1. The number of hydrogen-bond acceptors (Lipinski definition) is 5. The molecule has 0 saturated carbocycles. The van der Waals surface area contributed by atoms with Crippen molar-refractivity contribution in [2.24, 2.45) is 5.92 Å². The molecule has 14 heavy (non-hydrogen) atoms. The lowest BCUT2D eigenvalue weighted by Crippen LogP contribution is -2.37. The number of hydrogen-bond donors (Lipinski definition) is 3. The zero-order valence-corrected chi connectivity index (χ0v) is 7.66. The molecular formula is C7H12N6O. The highest BCUT2D eigenvalue weighted by Crippen LogP contribution is 2.11. The summed E-state index contributed by atoms with van der Waals surface area (Å²) in [5.74, 6) is 0.296. The summed E-state index contributed by atoms with van der Waals surface area (Å²) >= 11 is 0. The fourth-order valence-corrected chi connectivity index (χ4v) is 1.51. The highest BCUT2D eigenvalue weighted by atomic mass is 16.2. The first-order valence-corrected chi connectivity index (χ1v) is 4.61. The minimum Gasteiger partial charge on any atom is -0.316 e. The van der Waals surface area contributed by atoms with Crippen LogP contribution in [-0.2, 0) is 4.79 Å². The molecule has 1 aliphatic heterocycles. The molecule has 2 heterocycles. The van der Waals surface area contributed by atoms with Gasteiger partial charge in [0, 0.05) is 6.54 Å². The zero-order valence-electron chi connectivity index (χ0n) is 7.66. The van der Waals surface area contributed by atoms with Crippen molar-refractivity contribution in [2.45, 2.75) is 12.8 Å². The minimum atomic E-state index is -0.0317. The van der Waals surface area contributed by atoms with Gasteiger partial charge in [0.15, 0.2) is 0 Å². The largest absolute Gasteiger partial charge is 0.316 e. The second-order valence-corrected chi connectivity index (χ2v) is 3.28. The van der Waals surface area contributed by atoms with Gasteiger partial charge in [-0.2, -0.15) is 0 Å². The molecule has 1 aromatic heterocycles. The van der Waals surface area contributed by atoms with Gasteiger partial charge in [-0.15, -0.1) is 0 Å². The third kappa shape index (κ3) is 2.05. The molecule has 2 rings (SSSR count). The first-order valence-electron chi connectivity index (χ1n) is 4.61. The normalized spacial score (nSPS) is 21.9. The summed E-state index contributed by atoms with van der Waals surface area (Å²) in [7, 11) is 0. The van der Waals surface area contributed by atoms with Crippen LogP contribution >= 0.6 is 0 Å². The smallest absolute Gasteiger partial charge is 0.246 e. The van der Waals surface area contributed by atoms with Crippen molar-refractivity contribution in [2.75, 3.05) is 18.4 Å². The SMILES string of the molecule is O=C(Nc1nnn[nH]1)[C@@H]1CCCNC1. The number of nitrogens with one attached hydrogen (secondary N) is 3. The molecule has 1 atom stereocenters. The third-order valence-corrected chi connectivity index (χ3v) is 2.25. The number of piperidine rings is 1. The molecule has 1 saturated heterocycles. The number of carbonyl (C=O) groups excluding carboxylic acids is 1.